The largest absolute Gasteiger partial charge is 0.310 e. The van der Waals surface area contributed by atoms with E-state index in [9.17, 15) is 0 Å². The fourth-order valence-electron chi connectivity index (χ4n) is 7.44. The molecular weight excluding hydrogens is 669 g/mol. The van der Waals surface area contributed by atoms with E-state index < -0.39 is 0 Å². The van der Waals surface area contributed by atoms with Crippen LogP contribution >= 0.6 is 22.7 Å². The van der Waals surface area contributed by atoms with Gasteiger partial charge in [0.25, 0.3) is 0 Å². The molecule has 8 aromatic carbocycles. The average molecular weight is 701 g/mol. The van der Waals surface area contributed by atoms with Gasteiger partial charge in [0.1, 0.15) is 0 Å². The maximum atomic E-state index is 2.45. The second-order valence-corrected chi connectivity index (χ2v) is 15.1. The predicted octanol–water partition coefficient (Wildman–Crippen LogP) is 15.0. The number of thiophene rings is 2. The minimum atomic E-state index is 1.12. The van der Waals surface area contributed by atoms with Crippen LogP contribution in [-0.4, -0.2) is 0 Å². The molecule has 0 aliphatic carbocycles. The summed E-state index contributed by atoms with van der Waals surface area (Å²) in [6, 6.07) is 70.3. The van der Waals surface area contributed by atoms with Crippen LogP contribution < -0.4 is 9.80 Å². The molecule has 2 heterocycles. The highest BCUT2D eigenvalue weighted by Crippen LogP contribution is 2.48. The third-order valence-corrected chi connectivity index (χ3v) is 12.1. The van der Waals surface area contributed by atoms with E-state index in [4.69, 9.17) is 0 Å². The van der Waals surface area contributed by atoms with Crippen LogP contribution in [0.25, 0.3) is 51.5 Å². The van der Waals surface area contributed by atoms with E-state index >= 15 is 0 Å². The monoisotopic (exact) mass is 700 g/mol. The lowest BCUT2D eigenvalue weighted by atomic mass is 10.0. The van der Waals surface area contributed by atoms with E-state index in [0.717, 1.165) is 28.4 Å². The first-order valence-electron chi connectivity index (χ1n) is 17.5. The van der Waals surface area contributed by atoms with Gasteiger partial charge in [-0.3, -0.25) is 0 Å². The van der Waals surface area contributed by atoms with Crippen molar-refractivity contribution in [3.8, 4) is 11.1 Å². The summed E-state index contributed by atoms with van der Waals surface area (Å²) >= 11 is 3.72. The maximum absolute atomic E-state index is 2.45. The van der Waals surface area contributed by atoms with Crippen LogP contribution in [0.15, 0.2) is 194 Å². The summed E-state index contributed by atoms with van der Waals surface area (Å²) in [4.78, 5) is 4.80. The number of hydrogen-bond donors (Lipinski definition) is 0. The maximum Gasteiger partial charge on any atom is 0.0554 e. The summed E-state index contributed by atoms with van der Waals surface area (Å²) in [6.45, 7) is 0. The number of benzene rings is 8. The SMILES string of the molecule is c1ccc(-c2ccc(N(c3ccc4sc5ccccc5c4c3)c3cccc4sc5ccc(N(c6ccccc6)c6ccccc6)cc5c34)cc2)cc1. The van der Waals surface area contributed by atoms with E-state index in [0.29, 0.717) is 0 Å². The fourth-order valence-corrected chi connectivity index (χ4v) is 9.63. The summed E-state index contributed by atoms with van der Waals surface area (Å²) in [5.41, 5.74) is 9.23. The van der Waals surface area contributed by atoms with Crippen LogP contribution in [0, 0.1) is 0 Å². The van der Waals surface area contributed by atoms with Crippen molar-refractivity contribution in [3.05, 3.63) is 194 Å². The Kier molecular flexibility index (Phi) is 7.56. The van der Waals surface area contributed by atoms with Crippen molar-refractivity contribution < 1.29 is 0 Å². The molecule has 2 nitrogen and oxygen atoms in total. The summed E-state index contributed by atoms with van der Waals surface area (Å²) in [6.07, 6.45) is 0. The highest BCUT2D eigenvalue weighted by molar-refractivity contribution is 7.26. The van der Waals surface area contributed by atoms with Crippen LogP contribution in [0.3, 0.4) is 0 Å². The second-order valence-electron chi connectivity index (χ2n) is 13.0. The number of fused-ring (bicyclic) bond motifs is 6. The molecule has 0 aliphatic rings. The third-order valence-electron chi connectivity index (χ3n) is 9.84. The first-order chi connectivity index (χ1) is 25.8. The van der Waals surface area contributed by atoms with Crippen molar-refractivity contribution in [2.45, 2.75) is 0 Å². The second kappa shape index (κ2) is 12.8. The summed E-state index contributed by atoms with van der Waals surface area (Å²) < 4.78 is 5.15. The Balaban J connectivity index is 1.20. The van der Waals surface area contributed by atoms with Gasteiger partial charge >= 0.3 is 0 Å². The van der Waals surface area contributed by atoms with Crippen LogP contribution in [0.1, 0.15) is 0 Å². The molecule has 10 rings (SSSR count). The van der Waals surface area contributed by atoms with Gasteiger partial charge in [0, 0.05) is 68.8 Å². The van der Waals surface area contributed by atoms with E-state index in [1.165, 1.54) is 57.2 Å². The first-order valence-corrected chi connectivity index (χ1v) is 19.1. The molecule has 0 spiro atoms. The number of anilines is 6. The van der Waals surface area contributed by atoms with Gasteiger partial charge in [-0.25, -0.2) is 0 Å². The summed E-state index contributed by atoms with van der Waals surface area (Å²) in [5, 5.41) is 5.09. The number of nitrogens with zero attached hydrogens (tertiary/aromatic N) is 2. The first kappa shape index (κ1) is 30.6. The molecule has 0 radical (unpaired) electrons. The molecule has 52 heavy (non-hydrogen) atoms. The fraction of sp³-hybridized carbons (Fsp3) is 0. The van der Waals surface area contributed by atoms with Crippen molar-refractivity contribution in [1.29, 1.82) is 0 Å². The van der Waals surface area contributed by atoms with Crippen LogP contribution in [0.4, 0.5) is 34.1 Å². The smallest absolute Gasteiger partial charge is 0.0554 e. The standard InChI is InChI=1S/C48H32N2S2/c1-4-13-33(14-5-1)34-23-25-37(26-24-34)50(39-28-29-45-41(31-39)40-19-10-11-21-44(40)51-45)43-20-12-22-47-48(43)42-32-38(27-30-46(42)52-47)49(35-15-6-2-7-16-35)36-17-8-3-9-18-36/h1-32H. The molecule has 0 unspecified atom stereocenters. The molecule has 0 aliphatic heterocycles. The molecule has 0 atom stereocenters. The van der Waals surface area contributed by atoms with Crippen molar-refractivity contribution in [1.82, 2.24) is 0 Å². The van der Waals surface area contributed by atoms with Crippen LogP contribution in [0.2, 0.25) is 0 Å². The highest BCUT2D eigenvalue weighted by atomic mass is 32.1. The molecule has 0 N–H and O–H groups in total. The third kappa shape index (κ3) is 5.32. The van der Waals surface area contributed by atoms with E-state index in [1.807, 2.05) is 22.7 Å². The molecule has 0 saturated carbocycles. The molecule has 4 heteroatoms. The van der Waals surface area contributed by atoms with Crippen LogP contribution in [-0.2, 0) is 0 Å². The van der Waals surface area contributed by atoms with Crippen molar-refractivity contribution >= 4 is 97.1 Å². The Bertz CT molecular complexity index is 2800. The van der Waals surface area contributed by atoms with Crippen molar-refractivity contribution in [3.63, 3.8) is 0 Å². The summed E-state index contributed by atoms with van der Waals surface area (Å²) in [5.74, 6) is 0. The molecule has 2 aromatic heterocycles. The van der Waals surface area contributed by atoms with Gasteiger partial charge in [0.05, 0.1) is 5.69 Å². The molecule has 10 aromatic rings. The molecule has 0 fully saturated rings. The van der Waals surface area contributed by atoms with E-state index in [-0.39, 0.29) is 0 Å². The normalized spacial score (nSPS) is 11.5. The Morgan fingerprint density at radius 3 is 1.48 bits per heavy atom. The molecule has 0 bridgehead atoms. The van der Waals surface area contributed by atoms with Gasteiger partial charge in [0.15, 0.2) is 0 Å². The Labute approximate surface area is 310 Å². The van der Waals surface area contributed by atoms with Crippen LogP contribution in [0.5, 0.6) is 0 Å². The zero-order chi connectivity index (χ0) is 34.4. The lowest BCUT2D eigenvalue weighted by molar-refractivity contribution is 1.29. The molecule has 0 saturated heterocycles. The number of para-hydroxylation sites is 2. The molecular formula is C48H32N2S2. The van der Waals surface area contributed by atoms with E-state index in [1.54, 1.807) is 0 Å². The Morgan fingerprint density at radius 2 is 0.769 bits per heavy atom. The number of hydrogen-bond acceptors (Lipinski definition) is 4. The lowest BCUT2D eigenvalue weighted by Gasteiger charge is -2.27. The Morgan fingerprint density at radius 1 is 0.288 bits per heavy atom. The van der Waals surface area contributed by atoms with Gasteiger partial charge in [-0.2, -0.15) is 0 Å². The minimum absolute atomic E-state index is 1.12. The van der Waals surface area contributed by atoms with Gasteiger partial charge in [-0.05, 0) is 102 Å². The predicted molar refractivity (Wildman–Crippen MR) is 227 cm³/mol. The average Bonchev–Trinajstić information content (AvgIpc) is 3.78. The molecule has 0 amide bonds. The minimum Gasteiger partial charge on any atom is -0.310 e. The zero-order valence-electron chi connectivity index (χ0n) is 28.2. The molecule has 246 valence electrons. The van der Waals surface area contributed by atoms with Gasteiger partial charge in [-0.1, -0.05) is 103 Å². The summed E-state index contributed by atoms with van der Waals surface area (Å²) in [7, 11) is 0. The van der Waals surface area contributed by atoms with E-state index in [2.05, 4.69) is 204 Å². The highest BCUT2D eigenvalue weighted by Gasteiger charge is 2.21. The lowest BCUT2D eigenvalue weighted by Crippen LogP contribution is -2.10. The van der Waals surface area contributed by atoms with Gasteiger partial charge in [-0.15, -0.1) is 22.7 Å². The van der Waals surface area contributed by atoms with Gasteiger partial charge < -0.3 is 9.80 Å². The van der Waals surface area contributed by atoms with Gasteiger partial charge in [0.2, 0.25) is 0 Å². The topological polar surface area (TPSA) is 6.48 Å². The zero-order valence-corrected chi connectivity index (χ0v) is 29.8. The Hall–Kier alpha value is -6.20. The van der Waals surface area contributed by atoms with Crippen molar-refractivity contribution in [2.75, 3.05) is 9.80 Å². The van der Waals surface area contributed by atoms with Crippen molar-refractivity contribution in [2.24, 2.45) is 0 Å². The quantitative estimate of drug-likeness (QED) is 0.163. The number of rotatable bonds is 7.